The Morgan fingerprint density at radius 2 is 1.14 bits per heavy atom. The van der Waals surface area contributed by atoms with Gasteiger partial charge in [0.2, 0.25) is 0 Å². The zero-order valence-corrected chi connectivity index (χ0v) is 2.97. The number of primary amides is 2. The largest absolute Gasteiger partial charge is 0.361 e. The van der Waals surface area contributed by atoms with Crippen molar-refractivity contribution in [2.75, 3.05) is 0 Å². The van der Waals surface area contributed by atoms with Crippen LogP contribution in [0.5, 0.6) is 0 Å². The van der Waals surface area contributed by atoms with E-state index >= 15 is 0 Å². The van der Waals surface area contributed by atoms with Crippen LogP contribution in [0.25, 0.3) is 0 Å². The molecule has 0 spiro atoms. The summed E-state index contributed by atoms with van der Waals surface area (Å²) in [4.78, 5) is 18.9. The predicted molar refractivity (Wildman–Crippen MR) is 25.1 cm³/mol. The lowest BCUT2D eigenvalue weighted by Gasteiger charge is -1.75. The van der Waals surface area contributed by atoms with Gasteiger partial charge in [-0.2, -0.15) is 0 Å². The predicted octanol–water partition coefficient (Wildman–Crippen LogP) is -1.41. The number of hydrogen-bond donors (Lipinski definition) is 2. The molecule has 4 heteroatoms. The van der Waals surface area contributed by atoms with Gasteiger partial charge in [-0.3, -0.25) is 9.59 Å². The third-order valence-corrected chi connectivity index (χ3v) is 0.243. The Morgan fingerprint density at radius 3 is 1.14 bits per heavy atom. The Kier molecular flexibility index (Phi) is 4.19. The molecule has 0 saturated heterocycles. The Bertz CT molecular complexity index is 76.9. The molecule has 0 unspecified atom stereocenters. The van der Waals surface area contributed by atoms with Gasteiger partial charge in [-0.05, 0) is 0 Å². The third-order valence-electron chi connectivity index (χ3n) is 0.243. The van der Waals surface area contributed by atoms with Gasteiger partial charge in [-0.15, -0.1) is 0 Å². The zero-order chi connectivity index (χ0) is 5.15. The maximum absolute atomic E-state index is 9.45. The van der Waals surface area contributed by atoms with Crippen molar-refractivity contribution in [3.8, 4) is 0 Å². The van der Waals surface area contributed by atoms with Gasteiger partial charge in [-0.1, -0.05) is 7.43 Å². The maximum atomic E-state index is 9.45. The van der Waals surface area contributed by atoms with E-state index in [9.17, 15) is 9.59 Å². The average Bonchev–Trinajstić information content (AvgIpc) is 1.36. The van der Waals surface area contributed by atoms with Gasteiger partial charge in [0.1, 0.15) is 0 Å². The standard InChI is InChI=1S/C2H4N2O2.CH4/c3-1(5)2(4)6;/h(H2,3,5)(H2,4,6);1H4. The summed E-state index contributed by atoms with van der Waals surface area (Å²) in [6.07, 6.45) is 0. The second-order valence-corrected chi connectivity index (χ2v) is 0.729. The summed E-state index contributed by atoms with van der Waals surface area (Å²) >= 11 is 0. The van der Waals surface area contributed by atoms with Crippen LogP contribution in [-0.2, 0) is 9.59 Å². The molecule has 4 nitrogen and oxygen atoms in total. The maximum Gasteiger partial charge on any atom is 0.306 e. The van der Waals surface area contributed by atoms with Crippen LogP contribution in [0.4, 0.5) is 0 Å². The number of rotatable bonds is 0. The lowest BCUT2D eigenvalue weighted by Crippen LogP contribution is -2.29. The molecule has 0 atom stereocenters. The van der Waals surface area contributed by atoms with Crippen LogP contribution < -0.4 is 11.5 Å². The highest BCUT2D eigenvalue weighted by Gasteiger charge is 1.96. The summed E-state index contributed by atoms with van der Waals surface area (Å²) in [6, 6.07) is 0. The van der Waals surface area contributed by atoms with E-state index in [2.05, 4.69) is 11.5 Å². The molecule has 0 aliphatic rings. The van der Waals surface area contributed by atoms with Crippen molar-refractivity contribution in [3.05, 3.63) is 0 Å². The van der Waals surface area contributed by atoms with Gasteiger partial charge in [0.05, 0.1) is 0 Å². The third kappa shape index (κ3) is 4.94. The second-order valence-electron chi connectivity index (χ2n) is 0.729. The molecule has 7 heavy (non-hydrogen) atoms. The minimum atomic E-state index is -1.10. The number of amides is 2. The van der Waals surface area contributed by atoms with Gasteiger partial charge < -0.3 is 11.5 Å². The number of carbonyl (C=O) groups excluding carboxylic acids is 2. The molecule has 2 amide bonds. The summed E-state index contributed by atoms with van der Waals surface area (Å²) < 4.78 is 0. The van der Waals surface area contributed by atoms with Gasteiger partial charge in [0.15, 0.2) is 0 Å². The Balaban J connectivity index is 0. The Hall–Kier alpha value is -1.06. The smallest absolute Gasteiger partial charge is 0.306 e. The van der Waals surface area contributed by atoms with Gasteiger partial charge in [-0.25, -0.2) is 0 Å². The van der Waals surface area contributed by atoms with Gasteiger partial charge in [0, 0.05) is 0 Å². The summed E-state index contributed by atoms with van der Waals surface area (Å²) in [6.45, 7) is 0. The quantitative estimate of drug-likeness (QED) is 0.370. The Labute approximate surface area is 41.5 Å². The molecule has 0 aromatic heterocycles. The molecule has 42 valence electrons. The molecule has 0 heterocycles. The van der Waals surface area contributed by atoms with Crippen molar-refractivity contribution in [1.82, 2.24) is 0 Å². The lowest BCUT2D eigenvalue weighted by molar-refractivity contribution is -0.135. The monoisotopic (exact) mass is 104 g/mol. The topological polar surface area (TPSA) is 86.2 Å². The normalized spacial score (nSPS) is 6.29. The van der Waals surface area contributed by atoms with Crippen molar-refractivity contribution < 1.29 is 9.59 Å². The van der Waals surface area contributed by atoms with E-state index in [1.165, 1.54) is 0 Å². The molecule has 0 aromatic rings. The fourth-order valence-electron chi connectivity index (χ4n) is 0. The SMILES string of the molecule is C.NC(=O)C(N)=O. The molecule has 0 aliphatic carbocycles. The van der Waals surface area contributed by atoms with E-state index in [0.29, 0.717) is 0 Å². The summed E-state index contributed by atoms with van der Waals surface area (Å²) in [7, 11) is 0. The minimum Gasteiger partial charge on any atom is -0.361 e. The van der Waals surface area contributed by atoms with Gasteiger partial charge in [0.25, 0.3) is 0 Å². The van der Waals surface area contributed by atoms with Crippen LogP contribution >= 0.6 is 0 Å². The van der Waals surface area contributed by atoms with E-state index in [-0.39, 0.29) is 7.43 Å². The Morgan fingerprint density at radius 1 is 1.00 bits per heavy atom. The fraction of sp³-hybridized carbons (Fsp3) is 0.333. The number of carbonyl (C=O) groups is 2. The number of nitrogens with two attached hydrogens (primary N) is 2. The van der Waals surface area contributed by atoms with E-state index in [4.69, 9.17) is 0 Å². The first-order valence-corrected chi connectivity index (χ1v) is 1.24. The first kappa shape index (κ1) is 9.34. The first-order valence-electron chi connectivity index (χ1n) is 1.24. The highest BCUT2D eigenvalue weighted by atomic mass is 16.2. The summed E-state index contributed by atoms with van der Waals surface area (Å²) in [5.74, 6) is -2.20. The highest BCUT2D eigenvalue weighted by molar-refractivity contribution is 6.33. The fourth-order valence-corrected chi connectivity index (χ4v) is 0. The molecular formula is C3H8N2O2. The van der Waals surface area contributed by atoms with Crippen molar-refractivity contribution in [2.45, 2.75) is 7.43 Å². The van der Waals surface area contributed by atoms with Crippen molar-refractivity contribution in [3.63, 3.8) is 0 Å². The van der Waals surface area contributed by atoms with Crippen molar-refractivity contribution in [1.29, 1.82) is 0 Å². The summed E-state index contributed by atoms with van der Waals surface area (Å²) in [5, 5.41) is 0. The highest BCUT2D eigenvalue weighted by Crippen LogP contribution is 1.44. The van der Waals surface area contributed by atoms with Crippen molar-refractivity contribution >= 4 is 11.8 Å². The van der Waals surface area contributed by atoms with Crippen LogP contribution in [0.1, 0.15) is 7.43 Å². The molecule has 4 N–H and O–H groups in total. The molecule has 0 radical (unpaired) electrons. The average molecular weight is 104 g/mol. The number of hydrogen-bond acceptors (Lipinski definition) is 2. The van der Waals surface area contributed by atoms with Crippen LogP contribution in [0.2, 0.25) is 0 Å². The van der Waals surface area contributed by atoms with Crippen LogP contribution in [0, 0.1) is 0 Å². The zero-order valence-electron chi connectivity index (χ0n) is 2.97. The molecule has 0 bridgehead atoms. The molecule has 0 rings (SSSR count). The van der Waals surface area contributed by atoms with E-state index in [1.54, 1.807) is 0 Å². The van der Waals surface area contributed by atoms with Crippen molar-refractivity contribution in [2.24, 2.45) is 11.5 Å². The first-order chi connectivity index (χ1) is 2.64. The van der Waals surface area contributed by atoms with Crippen LogP contribution in [-0.4, -0.2) is 11.8 Å². The summed E-state index contributed by atoms with van der Waals surface area (Å²) in [5.41, 5.74) is 8.64. The van der Waals surface area contributed by atoms with Crippen LogP contribution in [0.3, 0.4) is 0 Å². The van der Waals surface area contributed by atoms with E-state index in [1.807, 2.05) is 0 Å². The second kappa shape index (κ2) is 3.14. The molecule has 0 aliphatic heterocycles. The van der Waals surface area contributed by atoms with Crippen LogP contribution in [0.15, 0.2) is 0 Å². The molecule has 0 fully saturated rings. The molecular weight excluding hydrogens is 96.0 g/mol. The lowest BCUT2D eigenvalue weighted by atomic mass is 10.6. The van der Waals surface area contributed by atoms with E-state index < -0.39 is 11.8 Å². The molecule has 0 saturated carbocycles. The molecule has 0 aromatic carbocycles. The minimum absolute atomic E-state index is 0. The van der Waals surface area contributed by atoms with Gasteiger partial charge >= 0.3 is 11.8 Å². The van der Waals surface area contributed by atoms with E-state index in [0.717, 1.165) is 0 Å².